The van der Waals surface area contributed by atoms with E-state index in [0.29, 0.717) is 22.8 Å². The van der Waals surface area contributed by atoms with Crippen LogP contribution in [0.2, 0.25) is 0 Å². The van der Waals surface area contributed by atoms with Crippen LogP contribution in [0.15, 0.2) is 90.5 Å². The minimum Gasteiger partial charge on any atom is -0.479 e. The van der Waals surface area contributed by atoms with E-state index >= 15 is 4.39 Å². The van der Waals surface area contributed by atoms with Gasteiger partial charge in [0.2, 0.25) is 0 Å². The van der Waals surface area contributed by atoms with Crippen molar-refractivity contribution in [3.05, 3.63) is 147 Å². The second kappa shape index (κ2) is 10.5. The lowest BCUT2D eigenvalue weighted by atomic mass is 9.87. The number of halogens is 5. The largest absolute Gasteiger partial charge is 0.479 e. The van der Waals surface area contributed by atoms with Crippen molar-refractivity contribution in [1.82, 2.24) is 0 Å². The Morgan fingerprint density at radius 2 is 1.28 bits per heavy atom. The third-order valence-electron chi connectivity index (χ3n) is 6.11. The molecule has 4 aromatic rings. The minimum atomic E-state index is -1.50. The van der Waals surface area contributed by atoms with Crippen LogP contribution in [0.4, 0.5) is 22.0 Å². The normalized spacial score (nSPS) is 15.9. The lowest BCUT2D eigenvalue weighted by Gasteiger charge is -2.30. The topological polar surface area (TPSA) is 43.4 Å². The SMILES string of the molecule is O=C(/C=C/c1ccc(F)cc1)c1cc(F)c(F)c2c1O[C@H](c1ccc(F)cc1)/C(=C\c1ccc(F)cc1)C2=O. The van der Waals surface area contributed by atoms with E-state index in [9.17, 15) is 27.2 Å². The quantitative estimate of drug-likeness (QED) is 0.150. The third-order valence-corrected chi connectivity index (χ3v) is 6.11. The van der Waals surface area contributed by atoms with Gasteiger partial charge < -0.3 is 4.74 Å². The lowest BCUT2D eigenvalue weighted by Crippen LogP contribution is -2.27. The van der Waals surface area contributed by atoms with Crippen molar-refractivity contribution in [3.63, 3.8) is 0 Å². The first-order valence-electron chi connectivity index (χ1n) is 11.6. The molecular formula is C31H17F5O3. The summed E-state index contributed by atoms with van der Waals surface area (Å²) in [6.07, 6.45) is 2.51. The number of carbonyl (C=O) groups excluding carboxylic acids is 2. The van der Waals surface area contributed by atoms with Crippen LogP contribution in [-0.4, -0.2) is 11.6 Å². The molecule has 39 heavy (non-hydrogen) atoms. The van der Waals surface area contributed by atoms with Gasteiger partial charge in [-0.2, -0.15) is 0 Å². The summed E-state index contributed by atoms with van der Waals surface area (Å²) in [6, 6.07) is 15.9. The zero-order valence-electron chi connectivity index (χ0n) is 19.9. The van der Waals surface area contributed by atoms with Crippen LogP contribution < -0.4 is 4.74 Å². The molecule has 3 nitrogen and oxygen atoms in total. The first-order valence-corrected chi connectivity index (χ1v) is 11.6. The molecule has 8 heteroatoms. The number of allylic oxidation sites excluding steroid dienone is 1. The van der Waals surface area contributed by atoms with Gasteiger partial charge in [-0.1, -0.05) is 42.5 Å². The smallest absolute Gasteiger partial charge is 0.199 e. The number of ether oxygens (including phenoxy) is 1. The van der Waals surface area contributed by atoms with Crippen molar-refractivity contribution in [2.24, 2.45) is 0 Å². The summed E-state index contributed by atoms with van der Waals surface area (Å²) in [5.74, 6) is -6.72. The van der Waals surface area contributed by atoms with Crippen molar-refractivity contribution in [3.8, 4) is 5.75 Å². The van der Waals surface area contributed by atoms with Gasteiger partial charge in [-0.05, 0) is 71.3 Å². The van der Waals surface area contributed by atoms with Crippen LogP contribution in [0, 0.1) is 29.1 Å². The molecular weight excluding hydrogens is 515 g/mol. The van der Waals surface area contributed by atoms with Crippen molar-refractivity contribution < 1.29 is 36.3 Å². The average molecular weight is 532 g/mol. The summed E-state index contributed by atoms with van der Waals surface area (Å²) < 4.78 is 76.0. The Morgan fingerprint density at radius 1 is 0.744 bits per heavy atom. The van der Waals surface area contributed by atoms with Gasteiger partial charge in [0, 0.05) is 5.57 Å². The van der Waals surface area contributed by atoms with Crippen molar-refractivity contribution in [2.45, 2.75) is 6.10 Å². The van der Waals surface area contributed by atoms with E-state index in [4.69, 9.17) is 4.74 Å². The molecule has 1 heterocycles. The van der Waals surface area contributed by atoms with Gasteiger partial charge in [-0.15, -0.1) is 0 Å². The molecule has 0 aromatic heterocycles. The van der Waals surface area contributed by atoms with Gasteiger partial charge in [-0.25, -0.2) is 22.0 Å². The maximum absolute atomic E-state index is 15.0. The Labute approximate surface area is 219 Å². The third kappa shape index (κ3) is 5.27. The van der Waals surface area contributed by atoms with E-state index in [1.165, 1.54) is 60.7 Å². The van der Waals surface area contributed by atoms with Gasteiger partial charge in [0.1, 0.15) is 28.8 Å². The highest BCUT2D eigenvalue weighted by molar-refractivity contribution is 6.18. The van der Waals surface area contributed by atoms with Crippen LogP contribution in [0.5, 0.6) is 5.75 Å². The number of Topliss-reactive ketones (excluding diaryl/α,β-unsaturated/α-hetero) is 1. The number of hydrogen-bond donors (Lipinski definition) is 0. The first kappa shape index (κ1) is 25.8. The molecule has 0 N–H and O–H groups in total. The molecule has 0 fully saturated rings. The molecule has 0 unspecified atom stereocenters. The van der Waals surface area contributed by atoms with E-state index in [0.717, 1.165) is 30.3 Å². The molecule has 0 radical (unpaired) electrons. The summed E-state index contributed by atoms with van der Waals surface area (Å²) in [6.45, 7) is 0. The summed E-state index contributed by atoms with van der Waals surface area (Å²) in [5, 5.41) is 0. The Morgan fingerprint density at radius 3 is 1.87 bits per heavy atom. The van der Waals surface area contributed by atoms with Crippen molar-refractivity contribution in [1.29, 1.82) is 0 Å². The molecule has 0 saturated heterocycles. The molecule has 0 spiro atoms. The van der Waals surface area contributed by atoms with E-state index in [-0.39, 0.29) is 5.57 Å². The molecule has 0 bridgehead atoms. The van der Waals surface area contributed by atoms with Gasteiger partial charge in [0.25, 0.3) is 0 Å². The highest BCUT2D eigenvalue weighted by Crippen LogP contribution is 2.43. The van der Waals surface area contributed by atoms with Crippen LogP contribution in [0.1, 0.15) is 43.5 Å². The number of hydrogen-bond acceptors (Lipinski definition) is 3. The van der Waals surface area contributed by atoms with Crippen LogP contribution >= 0.6 is 0 Å². The Bertz CT molecular complexity index is 1640. The first-order chi connectivity index (χ1) is 18.7. The molecule has 194 valence electrons. The lowest BCUT2D eigenvalue weighted by molar-refractivity contribution is 0.0951. The molecule has 4 aromatic carbocycles. The second-order valence-electron chi connectivity index (χ2n) is 8.70. The molecule has 5 rings (SSSR count). The average Bonchev–Trinajstić information content (AvgIpc) is 2.93. The van der Waals surface area contributed by atoms with E-state index in [1.807, 2.05) is 0 Å². The molecule has 1 aliphatic rings. The van der Waals surface area contributed by atoms with Crippen molar-refractivity contribution >= 4 is 23.7 Å². The predicted molar refractivity (Wildman–Crippen MR) is 135 cm³/mol. The Balaban J connectivity index is 1.64. The molecule has 1 atom stereocenters. The number of benzene rings is 4. The van der Waals surface area contributed by atoms with Crippen LogP contribution in [0.3, 0.4) is 0 Å². The minimum absolute atomic E-state index is 0.134. The van der Waals surface area contributed by atoms with Crippen LogP contribution in [-0.2, 0) is 0 Å². The molecule has 1 aliphatic heterocycles. The Hall–Kier alpha value is -4.85. The fourth-order valence-corrected chi connectivity index (χ4v) is 4.16. The highest BCUT2D eigenvalue weighted by atomic mass is 19.2. The fraction of sp³-hybridized carbons (Fsp3) is 0.0323. The van der Waals surface area contributed by atoms with Crippen LogP contribution in [0.25, 0.3) is 12.2 Å². The number of carbonyl (C=O) groups is 2. The molecule has 0 amide bonds. The van der Waals surface area contributed by atoms with E-state index in [1.54, 1.807) is 0 Å². The van der Waals surface area contributed by atoms with Crippen molar-refractivity contribution in [2.75, 3.05) is 0 Å². The zero-order chi connectivity index (χ0) is 27.7. The fourth-order valence-electron chi connectivity index (χ4n) is 4.16. The monoisotopic (exact) mass is 532 g/mol. The standard InChI is InChI=1S/C31H17F5O3/c32-20-8-1-17(2-9-20)5-14-26(37)23-16-25(35)28(36)27-29(38)24(15-18-3-10-21(33)11-4-18)30(39-31(23)27)19-6-12-22(34)13-7-19/h1-16,30H/b14-5+,24-15-/t30-/m1/s1. The summed E-state index contributed by atoms with van der Waals surface area (Å²) >= 11 is 0. The highest BCUT2D eigenvalue weighted by Gasteiger charge is 2.39. The van der Waals surface area contributed by atoms with E-state index in [2.05, 4.69) is 0 Å². The molecule has 0 saturated carbocycles. The van der Waals surface area contributed by atoms with Gasteiger partial charge in [-0.3, -0.25) is 9.59 Å². The molecule has 0 aliphatic carbocycles. The van der Waals surface area contributed by atoms with Gasteiger partial charge >= 0.3 is 0 Å². The maximum atomic E-state index is 15.0. The number of fused-ring (bicyclic) bond motifs is 1. The predicted octanol–water partition coefficient (Wildman–Crippen LogP) is 7.68. The van der Waals surface area contributed by atoms with Gasteiger partial charge in [0.05, 0.1) is 5.56 Å². The number of ketones is 2. The van der Waals surface area contributed by atoms with Gasteiger partial charge in [0.15, 0.2) is 29.3 Å². The summed E-state index contributed by atoms with van der Waals surface area (Å²) in [4.78, 5) is 26.7. The Kier molecular flexibility index (Phi) is 6.94. The summed E-state index contributed by atoms with van der Waals surface area (Å²) in [5.41, 5.74) is -0.191. The second-order valence-corrected chi connectivity index (χ2v) is 8.70. The summed E-state index contributed by atoms with van der Waals surface area (Å²) in [7, 11) is 0. The van der Waals surface area contributed by atoms with E-state index < -0.39 is 63.6 Å². The maximum Gasteiger partial charge on any atom is 0.199 e. The number of rotatable bonds is 5. The zero-order valence-corrected chi connectivity index (χ0v) is 19.9.